The summed E-state index contributed by atoms with van der Waals surface area (Å²) in [6.07, 6.45) is 6.68. The van der Waals surface area contributed by atoms with Gasteiger partial charge in [0.2, 0.25) is 5.89 Å². The van der Waals surface area contributed by atoms with Gasteiger partial charge in [-0.15, -0.1) is 0 Å². The van der Waals surface area contributed by atoms with Crippen LogP contribution in [0.4, 0.5) is 0 Å². The molecule has 2 aromatic heterocycles. The maximum Gasteiger partial charge on any atom is 0.232 e. The number of hydrogen-bond acceptors (Lipinski definition) is 5. The Morgan fingerprint density at radius 3 is 2.86 bits per heavy atom. The van der Waals surface area contributed by atoms with Gasteiger partial charge in [0, 0.05) is 24.2 Å². The lowest BCUT2D eigenvalue weighted by Crippen LogP contribution is -2.40. The lowest BCUT2D eigenvalue weighted by Gasteiger charge is -2.34. The number of rotatable bonds is 4. The molecule has 1 aliphatic heterocycles. The van der Waals surface area contributed by atoms with Crippen molar-refractivity contribution in [3.8, 4) is 0 Å². The molecule has 21 heavy (non-hydrogen) atoms. The molecule has 3 heterocycles. The number of aromatic nitrogens is 3. The van der Waals surface area contributed by atoms with Crippen molar-refractivity contribution in [3.63, 3.8) is 0 Å². The highest BCUT2D eigenvalue weighted by molar-refractivity contribution is 5.15. The van der Waals surface area contributed by atoms with Gasteiger partial charge >= 0.3 is 0 Å². The zero-order chi connectivity index (χ0) is 14.7. The van der Waals surface area contributed by atoms with Gasteiger partial charge in [0.15, 0.2) is 5.82 Å². The van der Waals surface area contributed by atoms with Crippen molar-refractivity contribution in [3.05, 3.63) is 41.8 Å². The molecular weight excluding hydrogens is 264 g/mol. The summed E-state index contributed by atoms with van der Waals surface area (Å²) in [6.45, 7) is 6.54. The molecule has 1 fully saturated rings. The summed E-state index contributed by atoms with van der Waals surface area (Å²) in [6, 6.07) is 3.96. The van der Waals surface area contributed by atoms with Gasteiger partial charge in [-0.2, -0.15) is 4.98 Å². The molecule has 0 saturated carbocycles. The van der Waals surface area contributed by atoms with E-state index in [4.69, 9.17) is 4.52 Å². The van der Waals surface area contributed by atoms with Gasteiger partial charge in [-0.05, 0) is 49.5 Å². The van der Waals surface area contributed by atoms with E-state index in [1.54, 1.807) is 12.4 Å². The molecule has 0 radical (unpaired) electrons. The highest BCUT2D eigenvalue weighted by Crippen LogP contribution is 2.34. The third kappa shape index (κ3) is 3.13. The first kappa shape index (κ1) is 14.2. The first-order valence-corrected chi connectivity index (χ1v) is 7.59. The van der Waals surface area contributed by atoms with Gasteiger partial charge in [-0.25, -0.2) is 0 Å². The summed E-state index contributed by atoms with van der Waals surface area (Å²) in [5.41, 5.74) is 1.06. The van der Waals surface area contributed by atoms with Crippen molar-refractivity contribution >= 4 is 0 Å². The summed E-state index contributed by atoms with van der Waals surface area (Å²) in [5, 5.41) is 7.61. The van der Waals surface area contributed by atoms with E-state index in [0.29, 0.717) is 12.3 Å². The van der Waals surface area contributed by atoms with E-state index in [1.165, 1.54) is 12.8 Å². The van der Waals surface area contributed by atoms with Crippen LogP contribution in [0.25, 0.3) is 0 Å². The van der Waals surface area contributed by atoms with E-state index in [2.05, 4.69) is 34.3 Å². The zero-order valence-corrected chi connectivity index (χ0v) is 12.7. The normalized spacial score (nSPS) is 19.6. The monoisotopic (exact) mass is 286 g/mol. The van der Waals surface area contributed by atoms with Crippen molar-refractivity contribution in [2.24, 2.45) is 5.92 Å². The number of piperidine rings is 1. The summed E-state index contributed by atoms with van der Waals surface area (Å²) in [4.78, 5) is 8.65. The van der Waals surface area contributed by atoms with Crippen molar-refractivity contribution in [2.45, 2.75) is 38.5 Å². The van der Waals surface area contributed by atoms with E-state index >= 15 is 0 Å². The van der Waals surface area contributed by atoms with Crippen LogP contribution in [0.2, 0.25) is 0 Å². The Kier molecular flexibility index (Phi) is 4.01. The number of hydrogen-bond donors (Lipinski definition) is 1. The molecular formula is C16H22N4O. The highest BCUT2D eigenvalue weighted by atomic mass is 16.5. The summed E-state index contributed by atoms with van der Waals surface area (Å²) < 4.78 is 5.55. The Bertz CT molecular complexity index is 573. The quantitative estimate of drug-likeness (QED) is 0.934. The fourth-order valence-corrected chi connectivity index (χ4v) is 2.91. The van der Waals surface area contributed by atoms with Crippen molar-refractivity contribution in [2.75, 3.05) is 13.1 Å². The fraction of sp³-hybridized carbons (Fsp3) is 0.562. The third-order valence-corrected chi connectivity index (χ3v) is 4.45. The first-order valence-electron chi connectivity index (χ1n) is 7.59. The van der Waals surface area contributed by atoms with Crippen LogP contribution in [0.5, 0.6) is 0 Å². The lowest BCUT2D eigenvalue weighted by molar-refractivity contribution is 0.196. The van der Waals surface area contributed by atoms with Crippen LogP contribution in [0.15, 0.2) is 29.0 Å². The average molecular weight is 286 g/mol. The molecule has 0 aliphatic carbocycles. The van der Waals surface area contributed by atoms with Gasteiger partial charge in [0.05, 0.1) is 0 Å². The predicted molar refractivity (Wildman–Crippen MR) is 80.0 cm³/mol. The molecule has 112 valence electrons. The molecule has 1 atom stereocenters. The molecule has 3 rings (SSSR count). The second-order valence-corrected chi connectivity index (χ2v) is 6.31. The van der Waals surface area contributed by atoms with E-state index in [-0.39, 0.29) is 5.41 Å². The van der Waals surface area contributed by atoms with Crippen LogP contribution < -0.4 is 5.32 Å². The van der Waals surface area contributed by atoms with E-state index in [0.717, 1.165) is 30.4 Å². The summed E-state index contributed by atoms with van der Waals surface area (Å²) in [5.74, 6) is 2.04. The standard InChI is InChI=1S/C16H22N4O/c1-16(2,13-4-3-7-18-11-13)15-19-14(20-21-15)10-12-5-8-17-9-6-12/h5-6,8-9,13,18H,3-4,7,10-11H2,1-2H3. The Labute approximate surface area is 125 Å². The fourth-order valence-electron chi connectivity index (χ4n) is 2.91. The van der Waals surface area contributed by atoms with Crippen molar-refractivity contribution in [1.29, 1.82) is 0 Å². The second-order valence-electron chi connectivity index (χ2n) is 6.31. The Hall–Kier alpha value is -1.75. The smallest absolute Gasteiger partial charge is 0.232 e. The first-order chi connectivity index (χ1) is 10.2. The van der Waals surface area contributed by atoms with Gasteiger partial charge in [0.1, 0.15) is 0 Å². The molecule has 5 heteroatoms. The molecule has 0 amide bonds. The Balaban J connectivity index is 1.74. The van der Waals surface area contributed by atoms with E-state index in [9.17, 15) is 0 Å². The minimum Gasteiger partial charge on any atom is -0.339 e. The lowest BCUT2D eigenvalue weighted by atomic mass is 9.75. The zero-order valence-electron chi connectivity index (χ0n) is 12.7. The maximum absolute atomic E-state index is 5.55. The van der Waals surface area contributed by atoms with Gasteiger partial charge in [-0.3, -0.25) is 4.98 Å². The van der Waals surface area contributed by atoms with Gasteiger partial charge in [-0.1, -0.05) is 19.0 Å². The maximum atomic E-state index is 5.55. The van der Waals surface area contributed by atoms with Crippen LogP contribution >= 0.6 is 0 Å². The second kappa shape index (κ2) is 5.93. The summed E-state index contributed by atoms with van der Waals surface area (Å²) >= 11 is 0. The molecule has 1 aliphatic rings. The van der Waals surface area contributed by atoms with Crippen molar-refractivity contribution in [1.82, 2.24) is 20.4 Å². The van der Waals surface area contributed by atoms with Gasteiger partial charge < -0.3 is 9.84 Å². The van der Waals surface area contributed by atoms with Crippen LogP contribution in [0, 0.1) is 5.92 Å². The minimum atomic E-state index is -0.0864. The minimum absolute atomic E-state index is 0.0864. The van der Waals surface area contributed by atoms with E-state index < -0.39 is 0 Å². The molecule has 0 spiro atoms. The average Bonchev–Trinajstić information content (AvgIpc) is 2.98. The van der Waals surface area contributed by atoms with Crippen LogP contribution in [-0.4, -0.2) is 28.2 Å². The number of nitrogens with zero attached hydrogens (tertiary/aromatic N) is 3. The molecule has 1 unspecified atom stereocenters. The topological polar surface area (TPSA) is 63.8 Å². The Morgan fingerprint density at radius 2 is 2.14 bits per heavy atom. The molecule has 0 aromatic carbocycles. The van der Waals surface area contributed by atoms with Crippen LogP contribution in [0.3, 0.4) is 0 Å². The molecule has 1 N–H and O–H groups in total. The molecule has 0 bridgehead atoms. The SMILES string of the molecule is CC(C)(c1nc(Cc2ccncc2)no1)C1CCCNC1. The van der Waals surface area contributed by atoms with Gasteiger partial charge in [0.25, 0.3) is 0 Å². The predicted octanol–water partition coefficient (Wildman–Crippen LogP) is 2.33. The highest BCUT2D eigenvalue weighted by Gasteiger charge is 2.37. The molecule has 1 saturated heterocycles. The Morgan fingerprint density at radius 1 is 1.33 bits per heavy atom. The largest absolute Gasteiger partial charge is 0.339 e. The van der Waals surface area contributed by atoms with Crippen molar-refractivity contribution < 1.29 is 4.52 Å². The van der Waals surface area contributed by atoms with Crippen LogP contribution in [0.1, 0.15) is 44.0 Å². The summed E-state index contributed by atoms with van der Waals surface area (Å²) in [7, 11) is 0. The number of nitrogens with one attached hydrogen (secondary N) is 1. The third-order valence-electron chi connectivity index (χ3n) is 4.45. The van der Waals surface area contributed by atoms with E-state index in [1.807, 2.05) is 12.1 Å². The molecule has 5 nitrogen and oxygen atoms in total. The van der Waals surface area contributed by atoms with Crippen LogP contribution in [-0.2, 0) is 11.8 Å². The number of pyridine rings is 1. The molecule has 2 aromatic rings.